The van der Waals surface area contributed by atoms with Crippen LogP contribution in [0, 0.1) is 13.8 Å². The number of aromatic amines is 1. The van der Waals surface area contributed by atoms with E-state index in [9.17, 15) is 22.8 Å². The number of pyridine rings is 1. The number of carbonyl (C=O) groups excluding carboxylic acids is 1. The minimum absolute atomic E-state index is 0.0280. The SMILES string of the molecule is CCS(=O)(=O)c1cccc(-c2cc(C(=O)NC3CCN(C)CC3)c(C)c3[nH]c4ncc(C)cc4c23)c1.O=C(O)C=CC(=O)O. The summed E-state index contributed by atoms with van der Waals surface area (Å²) in [5.74, 6) is -2.59. The summed E-state index contributed by atoms with van der Waals surface area (Å²) in [7, 11) is -1.28. The van der Waals surface area contributed by atoms with Crippen LogP contribution < -0.4 is 5.32 Å². The average Bonchev–Trinajstić information content (AvgIpc) is 3.37. The number of nitrogens with one attached hydrogen (secondary N) is 2. The zero-order valence-electron chi connectivity index (χ0n) is 25.0. The van der Waals surface area contributed by atoms with Gasteiger partial charge in [0.1, 0.15) is 5.65 Å². The molecule has 3 heterocycles. The largest absolute Gasteiger partial charge is 0.478 e. The number of rotatable bonds is 7. The molecule has 0 unspecified atom stereocenters. The third kappa shape index (κ3) is 7.32. The van der Waals surface area contributed by atoms with Crippen molar-refractivity contribution in [1.82, 2.24) is 20.2 Å². The molecule has 2 aromatic carbocycles. The summed E-state index contributed by atoms with van der Waals surface area (Å²) in [4.78, 5) is 43.2. The molecule has 11 nitrogen and oxygen atoms in total. The number of aromatic nitrogens is 2. The Kier molecular flexibility index (Phi) is 9.85. The van der Waals surface area contributed by atoms with Crippen LogP contribution in [0.5, 0.6) is 0 Å². The van der Waals surface area contributed by atoms with Crippen molar-refractivity contribution in [2.75, 3.05) is 25.9 Å². The molecule has 0 saturated carbocycles. The van der Waals surface area contributed by atoms with Crippen LogP contribution in [0.3, 0.4) is 0 Å². The second kappa shape index (κ2) is 13.4. The van der Waals surface area contributed by atoms with Gasteiger partial charge in [-0.2, -0.15) is 0 Å². The predicted octanol–water partition coefficient (Wildman–Crippen LogP) is 4.33. The lowest BCUT2D eigenvalue weighted by Crippen LogP contribution is -2.43. The zero-order chi connectivity index (χ0) is 32.2. The number of benzene rings is 2. The van der Waals surface area contributed by atoms with Crippen LogP contribution in [0.4, 0.5) is 0 Å². The third-order valence-corrected chi connectivity index (χ3v) is 9.41. The standard InChI is InChI=1S/C28H32N4O3S.C4H4O4/c1-5-36(34,35)21-8-6-7-19(14-21)23-15-22(28(33)30-20-9-11-32(4)12-10-20)18(3)26-25(23)24-13-17(2)16-29-27(24)31-26;5-3(6)1-2-4(7)8/h6-8,13-16,20H,5,9-12H2,1-4H3,(H,29,31)(H,30,33);1-2H,(H,5,6)(H,7,8). The van der Waals surface area contributed by atoms with Crippen LogP contribution >= 0.6 is 0 Å². The lowest BCUT2D eigenvalue weighted by Gasteiger charge is -2.29. The van der Waals surface area contributed by atoms with Gasteiger partial charge in [0.25, 0.3) is 5.91 Å². The van der Waals surface area contributed by atoms with E-state index in [2.05, 4.69) is 33.3 Å². The van der Waals surface area contributed by atoms with Crippen LogP contribution in [-0.4, -0.2) is 83.3 Å². The van der Waals surface area contributed by atoms with Gasteiger partial charge in [0, 0.05) is 40.7 Å². The Bertz CT molecular complexity index is 1850. The smallest absolute Gasteiger partial charge is 0.328 e. The number of fused-ring (bicyclic) bond motifs is 3. The van der Waals surface area contributed by atoms with Gasteiger partial charge in [-0.1, -0.05) is 19.1 Å². The Hall–Kier alpha value is -4.55. The van der Waals surface area contributed by atoms with Gasteiger partial charge in [0.05, 0.1) is 16.2 Å². The van der Waals surface area contributed by atoms with E-state index in [1.54, 1.807) is 25.1 Å². The van der Waals surface area contributed by atoms with Gasteiger partial charge >= 0.3 is 11.9 Å². The third-order valence-electron chi connectivity index (χ3n) is 7.68. The number of nitrogens with zero attached hydrogens (tertiary/aromatic N) is 2. The number of sulfone groups is 1. The van der Waals surface area contributed by atoms with Crippen molar-refractivity contribution in [2.24, 2.45) is 0 Å². The van der Waals surface area contributed by atoms with Crippen LogP contribution in [0.25, 0.3) is 33.1 Å². The topological polar surface area (TPSA) is 170 Å². The molecular weight excluding hydrogens is 584 g/mol. The Morgan fingerprint density at radius 3 is 2.34 bits per heavy atom. The number of hydrogen-bond acceptors (Lipinski definition) is 7. The molecule has 12 heteroatoms. The number of hydrogen-bond donors (Lipinski definition) is 4. The average molecular weight is 621 g/mol. The first-order chi connectivity index (χ1) is 20.8. The van der Waals surface area contributed by atoms with Crippen molar-refractivity contribution in [2.45, 2.75) is 44.6 Å². The van der Waals surface area contributed by atoms with E-state index in [1.807, 2.05) is 32.2 Å². The van der Waals surface area contributed by atoms with Crippen molar-refractivity contribution < 1.29 is 33.0 Å². The first-order valence-corrected chi connectivity index (χ1v) is 15.8. The number of carbonyl (C=O) groups is 3. The van der Waals surface area contributed by atoms with Gasteiger partial charge in [-0.15, -0.1) is 0 Å². The number of H-pyrrole nitrogens is 1. The quantitative estimate of drug-likeness (QED) is 0.220. The summed E-state index contributed by atoms with van der Waals surface area (Å²) < 4.78 is 25.3. The maximum absolute atomic E-state index is 13.5. The van der Waals surface area contributed by atoms with E-state index in [1.165, 1.54) is 0 Å². The molecule has 0 spiro atoms. The van der Waals surface area contributed by atoms with Gasteiger partial charge in [0.15, 0.2) is 9.84 Å². The summed E-state index contributed by atoms with van der Waals surface area (Å²) in [5.41, 5.74) is 5.62. The van der Waals surface area contributed by atoms with E-state index in [4.69, 9.17) is 10.2 Å². The molecule has 44 heavy (non-hydrogen) atoms. The number of amides is 1. The minimum Gasteiger partial charge on any atom is -0.478 e. The van der Waals surface area contributed by atoms with Crippen molar-refractivity contribution in [3.05, 3.63) is 71.4 Å². The fourth-order valence-corrected chi connectivity index (χ4v) is 6.17. The molecule has 0 atom stereocenters. The van der Waals surface area contributed by atoms with Crippen molar-refractivity contribution in [1.29, 1.82) is 0 Å². The zero-order valence-corrected chi connectivity index (χ0v) is 25.9. The highest BCUT2D eigenvalue weighted by Crippen LogP contribution is 2.38. The number of carboxylic acid groups (broad SMARTS) is 2. The first-order valence-electron chi connectivity index (χ1n) is 14.2. The lowest BCUT2D eigenvalue weighted by atomic mass is 9.93. The molecule has 4 aromatic rings. The summed E-state index contributed by atoms with van der Waals surface area (Å²) in [6.07, 6.45) is 4.77. The molecular formula is C32H36N4O7S. The highest BCUT2D eigenvalue weighted by Gasteiger charge is 2.24. The summed E-state index contributed by atoms with van der Waals surface area (Å²) in [5, 5.41) is 20.8. The van der Waals surface area contributed by atoms with Crippen LogP contribution in [0.15, 0.2) is 59.6 Å². The summed E-state index contributed by atoms with van der Waals surface area (Å²) in [6, 6.07) is 11.1. The molecule has 1 aliphatic heterocycles. The monoisotopic (exact) mass is 620 g/mol. The van der Waals surface area contributed by atoms with Crippen LogP contribution in [-0.2, 0) is 19.4 Å². The van der Waals surface area contributed by atoms with Gasteiger partial charge in [-0.05, 0) is 93.3 Å². The summed E-state index contributed by atoms with van der Waals surface area (Å²) >= 11 is 0. The highest BCUT2D eigenvalue weighted by atomic mass is 32.2. The molecule has 1 aliphatic rings. The first kappa shape index (κ1) is 32.4. The Balaban J connectivity index is 0.000000488. The van der Waals surface area contributed by atoms with E-state index in [-0.39, 0.29) is 22.6 Å². The Morgan fingerprint density at radius 1 is 1.07 bits per heavy atom. The second-order valence-corrected chi connectivity index (χ2v) is 13.2. The molecule has 1 fully saturated rings. The normalized spacial score (nSPS) is 14.5. The van der Waals surface area contributed by atoms with Crippen molar-refractivity contribution in [3.8, 4) is 11.1 Å². The Labute approximate surface area is 255 Å². The summed E-state index contributed by atoms with van der Waals surface area (Å²) in [6.45, 7) is 7.51. The van der Waals surface area contributed by atoms with Crippen LogP contribution in [0.1, 0.15) is 41.3 Å². The molecule has 0 radical (unpaired) electrons. The van der Waals surface area contributed by atoms with Crippen LogP contribution in [0.2, 0.25) is 0 Å². The minimum atomic E-state index is -3.38. The highest BCUT2D eigenvalue weighted by molar-refractivity contribution is 7.91. The van der Waals surface area contributed by atoms with Crippen molar-refractivity contribution >= 4 is 49.6 Å². The molecule has 0 aliphatic carbocycles. The molecule has 4 N–H and O–H groups in total. The molecule has 1 saturated heterocycles. The number of likely N-dealkylation sites (tertiary alicyclic amines) is 1. The lowest BCUT2D eigenvalue weighted by molar-refractivity contribution is -0.134. The molecule has 1 amide bonds. The fraction of sp³-hybridized carbons (Fsp3) is 0.312. The number of aryl methyl sites for hydroxylation is 2. The predicted molar refractivity (Wildman–Crippen MR) is 169 cm³/mol. The van der Waals surface area contributed by atoms with Gasteiger partial charge in [0.2, 0.25) is 0 Å². The van der Waals surface area contributed by atoms with E-state index in [0.29, 0.717) is 17.7 Å². The maximum Gasteiger partial charge on any atom is 0.328 e. The van der Waals surface area contributed by atoms with Crippen molar-refractivity contribution in [3.63, 3.8) is 0 Å². The number of piperidine rings is 1. The number of aliphatic carboxylic acids is 2. The van der Waals surface area contributed by atoms with Gasteiger partial charge in [-0.25, -0.2) is 23.0 Å². The number of carboxylic acids is 2. The van der Waals surface area contributed by atoms with Gasteiger partial charge in [-0.3, -0.25) is 4.79 Å². The van der Waals surface area contributed by atoms with E-state index >= 15 is 0 Å². The molecule has 5 rings (SSSR count). The van der Waals surface area contributed by atoms with Gasteiger partial charge < -0.3 is 25.4 Å². The second-order valence-electron chi connectivity index (χ2n) is 10.9. The van der Waals surface area contributed by atoms with E-state index < -0.39 is 21.8 Å². The molecule has 232 valence electrons. The molecule has 2 aromatic heterocycles. The maximum atomic E-state index is 13.5. The Morgan fingerprint density at radius 2 is 1.73 bits per heavy atom. The fourth-order valence-electron chi connectivity index (χ4n) is 5.24. The molecule has 0 bridgehead atoms. The van der Waals surface area contributed by atoms with E-state index in [0.717, 1.165) is 70.1 Å².